The summed E-state index contributed by atoms with van der Waals surface area (Å²) in [7, 11) is 3.22. The number of rotatable bonds is 5. The second kappa shape index (κ2) is 6.85. The lowest BCUT2D eigenvalue weighted by Crippen LogP contribution is -2.29. The van der Waals surface area contributed by atoms with E-state index < -0.39 is 0 Å². The Morgan fingerprint density at radius 3 is 2.78 bits per heavy atom. The molecule has 0 bridgehead atoms. The van der Waals surface area contributed by atoms with Gasteiger partial charge in [-0.3, -0.25) is 4.79 Å². The molecule has 3 nitrogen and oxygen atoms in total. The summed E-state index contributed by atoms with van der Waals surface area (Å²) in [6.07, 6.45) is 0. The molecule has 1 aromatic carbocycles. The van der Waals surface area contributed by atoms with Crippen LogP contribution < -0.4 is 0 Å². The second-order valence-electron chi connectivity index (χ2n) is 4.36. The summed E-state index contributed by atoms with van der Waals surface area (Å²) in [6, 6.07) is 4.97. The van der Waals surface area contributed by atoms with Crippen molar-refractivity contribution in [3.05, 3.63) is 34.1 Å². The molecule has 0 fully saturated rings. The van der Waals surface area contributed by atoms with Gasteiger partial charge in [-0.25, -0.2) is 4.39 Å². The van der Waals surface area contributed by atoms with Gasteiger partial charge >= 0.3 is 5.97 Å². The first-order valence-electron chi connectivity index (χ1n) is 5.64. The van der Waals surface area contributed by atoms with Crippen molar-refractivity contribution in [3.63, 3.8) is 0 Å². The molecule has 0 aliphatic rings. The van der Waals surface area contributed by atoms with Crippen LogP contribution in [0.3, 0.4) is 0 Å². The van der Waals surface area contributed by atoms with Crippen molar-refractivity contribution in [2.24, 2.45) is 5.92 Å². The van der Waals surface area contributed by atoms with Gasteiger partial charge < -0.3 is 9.64 Å². The van der Waals surface area contributed by atoms with Crippen molar-refractivity contribution in [3.8, 4) is 0 Å². The molecule has 0 aromatic heterocycles. The van der Waals surface area contributed by atoms with Crippen LogP contribution in [0.2, 0.25) is 0 Å². The Bertz CT molecular complexity index is 425. The third-order valence-corrected chi connectivity index (χ3v) is 3.14. The lowest BCUT2D eigenvalue weighted by Gasteiger charge is -2.20. The van der Waals surface area contributed by atoms with Gasteiger partial charge in [0.05, 0.1) is 13.0 Å². The van der Waals surface area contributed by atoms with Gasteiger partial charge in [0.2, 0.25) is 0 Å². The van der Waals surface area contributed by atoms with Gasteiger partial charge in [0.25, 0.3) is 0 Å². The molecule has 0 saturated heterocycles. The first-order valence-corrected chi connectivity index (χ1v) is 6.43. The molecule has 5 heteroatoms. The number of hydrogen-bond donors (Lipinski definition) is 0. The Labute approximate surface area is 115 Å². The first-order chi connectivity index (χ1) is 8.43. The zero-order valence-electron chi connectivity index (χ0n) is 10.7. The number of carbonyl (C=O) groups is 1. The van der Waals surface area contributed by atoms with Crippen LogP contribution in [0.15, 0.2) is 22.7 Å². The van der Waals surface area contributed by atoms with Crippen LogP contribution in [0.25, 0.3) is 0 Å². The molecule has 0 saturated carbocycles. The smallest absolute Gasteiger partial charge is 0.309 e. The van der Waals surface area contributed by atoms with E-state index in [1.807, 2.05) is 11.9 Å². The largest absolute Gasteiger partial charge is 0.469 e. The number of halogens is 2. The molecule has 0 spiro atoms. The van der Waals surface area contributed by atoms with Crippen LogP contribution in [0.4, 0.5) is 4.39 Å². The summed E-state index contributed by atoms with van der Waals surface area (Å²) < 4.78 is 19.0. The van der Waals surface area contributed by atoms with Crippen LogP contribution in [0, 0.1) is 11.7 Å². The predicted molar refractivity (Wildman–Crippen MR) is 71.6 cm³/mol. The van der Waals surface area contributed by atoms with Gasteiger partial charge in [-0.05, 0) is 19.2 Å². The van der Waals surface area contributed by atoms with Crippen molar-refractivity contribution in [2.45, 2.75) is 13.5 Å². The molecule has 0 aliphatic heterocycles. The number of methoxy groups -OCH3 is 1. The number of carbonyl (C=O) groups excluding carboxylic acids is 1. The predicted octanol–water partition coefficient (Wildman–Crippen LogP) is 2.83. The van der Waals surface area contributed by atoms with Gasteiger partial charge in [-0.15, -0.1) is 0 Å². The second-order valence-corrected chi connectivity index (χ2v) is 5.27. The number of hydrogen-bond acceptors (Lipinski definition) is 3. The average molecular weight is 318 g/mol. The van der Waals surface area contributed by atoms with E-state index in [0.29, 0.717) is 23.1 Å². The van der Waals surface area contributed by atoms with Gasteiger partial charge in [0, 0.05) is 23.1 Å². The normalized spacial score (nSPS) is 12.6. The van der Waals surface area contributed by atoms with Crippen molar-refractivity contribution in [1.29, 1.82) is 0 Å². The van der Waals surface area contributed by atoms with E-state index in [-0.39, 0.29) is 17.7 Å². The maximum atomic E-state index is 13.6. The summed E-state index contributed by atoms with van der Waals surface area (Å²) in [4.78, 5) is 13.2. The Hall–Kier alpha value is -0.940. The van der Waals surface area contributed by atoms with Crippen molar-refractivity contribution < 1.29 is 13.9 Å². The number of esters is 1. The zero-order chi connectivity index (χ0) is 13.7. The highest BCUT2D eigenvalue weighted by molar-refractivity contribution is 9.10. The van der Waals surface area contributed by atoms with Gasteiger partial charge in [-0.1, -0.05) is 28.9 Å². The van der Waals surface area contributed by atoms with Crippen molar-refractivity contribution >= 4 is 21.9 Å². The maximum Gasteiger partial charge on any atom is 0.309 e. The Morgan fingerprint density at radius 1 is 1.56 bits per heavy atom. The lowest BCUT2D eigenvalue weighted by molar-refractivity contribution is -0.145. The summed E-state index contributed by atoms with van der Waals surface area (Å²) in [5.41, 5.74) is 0.609. The highest BCUT2D eigenvalue weighted by atomic mass is 79.9. The van der Waals surface area contributed by atoms with E-state index >= 15 is 0 Å². The topological polar surface area (TPSA) is 29.5 Å². The van der Waals surface area contributed by atoms with Crippen LogP contribution in [-0.2, 0) is 16.1 Å². The Kier molecular flexibility index (Phi) is 5.75. The van der Waals surface area contributed by atoms with Crippen LogP contribution in [0.1, 0.15) is 12.5 Å². The highest BCUT2D eigenvalue weighted by Crippen LogP contribution is 2.16. The molecular weight excluding hydrogens is 301 g/mol. The molecule has 18 heavy (non-hydrogen) atoms. The van der Waals surface area contributed by atoms with Gasteiger partial charge in [-0.2, -0.15) is 0 Å². The highest BCUT2D eigenvalue weighted by Gasteiger charge is 2.16. The minimum atomic E-state index is -0.252. The summed E-state index contributed by atoms with van der Waals surface area (Å²) in [5, 5.41) is 0. The molecule has 0 amide bonds. The molecule has 0 heterocycles. The minimum absolute atomic E-state index is 0.224. The average Bonchev–Trinajstić information content (AvgIpc) is 2.31. The third kappa shape index (κ3) is 4.38. The van der Waals surface area contributed by atoms with E-state index in [2.05, 4.69) is 20.7 Å². The fourth-order valence-corrected chi connectivity index (χ4v) is 2.08. The molecule has 1 unspecified atom stereocenters. The van der Waals surface area contributed by atoms with E-state index in [9.17, 15) is 9.18 Å². The summed E-state index contributed by atoms with van der Waals surface area (Å²) in [5.74, 6) is -0.724. The van der Waals surface area contributed by atoms with Crippen molar-refractivity contribution in [1.82, 2.24) is 4.90 Å². The maximum absolute atomic E-state index is 13.6. The fraction of sp³-hybridized carbons (Fsp3) is 0.462. The Morgan fingerprint density at radius 2 is 2.22 bits per heavy atom. The monoisotopic (exact) mass is 317 g/mol. The fourth-order valence-electron chi connectivity index (χ4n) is 1.75. The van der Waals surface area contributed by atoms with Crippen LogP contribution >= 0.6 is 15.9 Å². The van der Waals surface area contributed by atoms with E-state index in [1.54, 1.807) is 19.1 Å². The third-order valence-electron chi connectivity index (χ3n) is 2.64. The van der Waals surface area contributed by atoms with Gasteiger partial charge in [0.1, 0.15) is 5.82 Å². The first kappa shape index (κ1) is 15.1. The molecule has 0 radical (unpaired) electrons. The molecule has 100 valence electrons. The van der Waals surface area contributed by atoms with Gasteiger partial charge in [0.15, 0.2) is 0 Å². The zero-order valence-corrected chi connectivity index (χ0v) is 12.3. The minimum Gasteiger partial charge on any atom is -0.469 e. The molecule has 1 aromatic rings. The quantitative estimate of drug-likeness (QED) is 0.782. The number of nitrogens with zero attached hydrogens (tertiary/aromatic N) is 1. The molecule has 0 aliphatic carbocycles. The Balaban J connectivity index is 2.59. The molecular formula is C13H17BrFNO2. The lowest BCUT2D eigenvalue weighted by atomic mass is 10.1. The number of benzene rings is 1. The van der Waals surface area contributed by atoms with E-state index in [4.69, 9.17) is 0 Å². The molecule has 1 rings (SSSR count). The van der Waals surface area contributed by atoms with E-state index in [0.717, 1.165) is 0 Å². The standard InChI is InChI=1S/C13H17BrFNO2/c1-9(13(17)18-3)7-16(2)8-10-4-5-11(14)6-12(10)15/h4-6,9H,7-8H2,1-3H3. The van der Waals surface area contributed by atoms with Crippen LogP contribution in [-0.4, -0.2) is 31.6 Å². The van der Waals surface area contributed by atoms with Crippen LogP contribution in [0.5, 0.6) is 0 Å². The molecule has 0 N–H and O–H groups in total. The number of ether oxygens (including phenoxy) is 1. The molecule has 1 atom stereocenters. The summed E-state index contributed by atoms with van der Waals surface area (Å²) in [6.45, 7) is 2.78. The van der Waals surface area contributed by atoms with E-state index in [1.165, 1.54) is 13.2 Å². The van der Waals surface area contributed by atoms with Crippen molar-refractivity contribution in [2.75, 3.05) is 20.7 Å². The summed E-state index contributed by atoms with van der Waals surface area (Å²) >= 11 is 3.22. The SMILES string of the molecule is COC(=O)C(C)CN(C)Cc1ccc(Br)cc1F.